The molecule has 0 fully saturated rings. The molecule has 0 spiro atoms. The molecule has 0 heterocycles. The molecule has 0 aromatic carbocycles. The molecule has 194 valence electrons. The summed E-state index contributed by atoms with van der Waals surface area (Å²) in [5, 5.41) is 9.89. The second-order valence-electron chi connectivity index (χ2n) is 10.0. The van der Waals surface area contributed by atoms with Crippen LogP contribution in [0.4, 0.5) is 0 Å². The van der Waals surface area contributed by atoms with Gasteiger partial charge in [-0.2, -0.15) is 0 Å². The van der Waals surface area contributed by atoms with Gasteiger partial charge in [-0.25, -0.2) is 0 Å². The van der Waals surface area contributed by atoms with Gasteiger partial charge in [0, 0.05) is 6.61 Å². The monoisotopic (exact) mass is 472 g/mol. The standard InChI is InChI=1S/C29H60O2S/c1-3-5-7-9-11-13-14-15-16-17-18-19-20-22-24-26-28(29(30)32)31-27-25-23-21-12-10-8-6-4-2/h28-30,32H,3-27H2,1-2H3. The molecule has 2 nitrogen and oxygen atoms in total. The fraction of sp³-hybridized carbons (Fsp3) is 1.00. The van der Waals surface area contributed by atoms with Gasteiger partial charge in [0.15, 0.2) is 0 Å². The van der Waals surface area contributed by atoms with Crippen molar-refractivity contribution in [2.75, 3.05) is 6.61 Å². The molecular weight excluding hydrogens is 412 g/mol. The van der Waals surface area contributed by atoms with E-state index in [1.54, 1.807) is 0 Å². The molecule has 0 saturated heterocycles. The zero-order chi connectivity index (χ0) is 23.5. The van der Waals surface area contributed by atoms with Crippen molar-refractivity contribution >= 4 is 12.6 Å². The minimum Gasteiger partial charge on any atom is -0.380 e. The Balaban J connectivity index is 3.38. The van der Waals surface area contributed by atoms with E-state index in [0.717, 1.165) is 25.9 Å². The quantitative estimate of drug-likeness (QED) is 0.0707. The molecule has 0 aromatic heterocycles. The van der Waals surface area contributed by atoms with Gasteiger partial charge in [0.2, 0.25) is 0 Å². The summed E-state index contributed by atoms with van der Waals surface area (Å²) >= 11 is 4.24. The predicted octanol–water partition coefficient (Wildman–Crippen LogP) is 10.0. The second-order valence-corrected chi connectivity index (χ2v) is 10.6. The van der Waals surface area contributed by atoms with Gasteiger partial charge in [0.25, 0.3) is 0 Å². The lowest BCUT2D eigenvalue weighted by atomic mass is 10.0. The SMILES string of the molecule is CCCCCCCCCCCCCCCCCC(OCCCCCCCCCC)C(O)S. The third-order valence-corrected chi connectivity index (χ3v) is 7.09. The van der Waals surface area contributed by atoms with E-state index in [1.807, 2.05) is 0 Å². The van der Waals surface area contributed by atoms with E-state index in [4.69, 9.17) is 4.74 Å². The van der Waals surface area contributed by atoms with Gasteiger partial charge < -0.3 is 9.84 Å². The first kappa shape index (κ1) is 32.3. The number of unbranched alkanes of at least 4 members (excludes halogenated alkanes) is 21. The minimum absolute atomic E-state index is 0.0927. The number of aliphatic hydroxyl groups excluding tert-OH is 1. The Morgan fingerprint density at radius 2 is 0.812 bits per heavy atom. The number of rotatable bonds is 27. The average Bonchev–Trinajstić information content (AvgIpc) is 2.78. The third kappa shape index (κ3) is 24.9. The zero-order valence-electron chi connectivity index (χ0n) is 22.1. The summed E-state index contributed by atoms with van der Waals surface area (Å²) in [7, 11) is 0. The lowest BCUT2D eigenvalue weighted by Crippen LogP contribution is -2.25. The first-order valence-corrected chi connectivity index (χ1v) is 15.2. The molecule has 0 rings (SSSR count). The molecule has 1 N–H and O–H groups in total. The van der Waals surface area contributed by atoms with Crippen LogP contribution >= 0.6 is 12.6 Å². The van der Waals surface area contributed by atoms with Gasteiger partial charge in [0.1, 0.15) is 5.44 Å². The zero-order valence-corrected chi connectivity index (χ0v) is 23.0. The summed E-state index contributed by atoms with van der Waals surface area (Å²) < 4.78 is 5.94. The van der Waals surface area contributed by atoms with Crippen molar-refractivity contribution in [3.05, 3.63) is 0 Å². The van der Waals surface area contributed by atoms with Gasteiger partial charge in [-0.05, 0) is 12.8 Å². The lowest BCUT2D eigenvalue weighted by molar-refractivity contribution is -0.00796. The summed E-state index contributed by atoms with van der Waals surface area (Å²) in [6, 6.07) is 0. The highest BCUT2D eigenvalue weighted by molar-refractivity contribution is 7.80. The normalized spacial score (nSPS) is 13.5. The fourth-order valence-electron chi connectivity index (χ4n) is 4.51. The Hall–Kier alpha value is 0.270. The van der Waals surface area contributed by atoms with Gasteiger partial charge in [-0.15, -0.1) is 12.6 Å². The molecule has 0 radical (unpaired) electrons. The molecule has 0 amide bonds. The summed E-state index contributed by atoms with van der Waals surface area (Å²) in [6.45, 7) is 5.33. The molecule has 0 aliphatic carbocycles. The van der Waals surface area contributed by atoms with Crippen LogP contribution in [-0.2, 0) is 4.74 Å². The van der Waals surface area contributed by atoms with Crippen LogP contribution in [-0.4, -0.2) is 23.3 Å². The fourth-order valence-corrected chi connectivity index (χ4v) is 4.74. The first-order valence-electron chi connectivity index (χ1n) is 14.7. The van der Waals surface area contributed by atoms with Gasteiger partial charge >= 0.3 is 0 Å². The maximum absolute atomic E-state index is 9.89. The highest BCUT2D eigenvalue weighted by atomic mass is 32.1. The van der Waals surface area contributed by atoms with E-state index in [9.17, 15) is 5.11 Å². The molecule has 0 bridgehead atoms. The number of thiol groups is 1. The minimum atomic E-state index is -0.643. The van der Waals surface area contributed by atoms with Gasteiger partial charge in [-0.3, -0.25) is 0 Å². The molecule has 0 saturated carbocycles. The Morgan fingerprint density at radius 3 is 1.16 bits per heavy atom. The largest absolute Gasteiger partial charge is 0.380 e. The van der Waals surface area contributed by atoms with Crippen molar-refractivity contribution in [2.45, 2.75) is 179 Å². The Bertz CT molecular complexity index is 335. The topological polar surface area (TPSA) is 29.5 Å². The van der Waals surface area contributed by atoms with Crippen LogP contribution < -0.4 is 0 Å². The van der Waals surface area contributed by atoms with E-state index in [-0.39, 0.29) is 6.10 Å². The van der Waals surface area contributed by atoms with Gasteiger partial charge in [-0.1, -0.05) is 155 Å². The van der Waals surface area contributed by atoms with Crippen molar-refractivity contribution in [2.24, 2.45) is 0 Å². The Labute approximate surface area is 208 Å². The molecule has 32 heavy (non-hydrogen) atoms. The maximum Gasteiger partial charge on any atom is 0.123 e. The average molecular weight is 473 g/mol. The highest BCUT2D eigenvalue weighted by Gasteiger charge is 2.15. The van der Waals surface area contributed by atoms with Gasteiger partial charge in [0.05, 0.1) is 6.10 Å². The Kier molecular flexibility index (Phi) is 27.7. The number of aliphatic hydroxyl groups is 1. The smallest absolute Gasteiger partial charge is 0.123 e. The summed E-state index contributed by atoms with van der Waals surface area (Å²) in [5.74, 6) is 0. The second kappa shape index (κ2) is 27.5. The molecule has 0 aliphatic rings. The number of hydrogen-bond donors (Lipinski definition) is 2. The van der Waals surface area contributed by atoms with Crippen LogP contribution in [0.15, 0.2) is 0 Å². The Morgan fingerprint density at radius 1 is 0.500 bits per heavy atom. The van der Waals surface area contributed by atoms with Crippen LogP contribution in [0, 0.1) is 0 Å². The first-order chi connectivity index (χ1) is 15.7. The van der Waals surface area contributed by atoms with Crippen molar-refractivity contribution in [1.82, 2.24) is 0 Å². The van der Waals surface area contributed by atoms with Crippen LogP contribution in [0.5, 0.6) is 0 Å². The van der Waals surface area contributed by atoms with E-state index in [1.165, 1.54) is 135 Å². The molecule has 0 aromatic rings. The summed E-state index contributed by atoms with van der Waals surface area (Å²) in [6.07, 6.45) is 32.1. The predicted molar refractivity (Wildman–Crippen MR) is 147 cm³/mol. The van der Waals surface area contributed by atoms with Crippen molar-refractivity contribution < 1.29 is 9.84 Å². The van der Waals surface area contributed by atoms with Crippen LogP contribution in [0.2, 0.25) is 0 Å². The lowest BCUT2D eigenvalue weighted by Gasteiger charge is -2.20. The van der Waals surface area contributed by atoms with Crippen LogP contribution in [0.25, 0.3) is 0 Å². The van der Waals surface area contributed by atoms with E-state index in [0.29, 0.717) is 0 Å². The third-order valence-electron chi connectivity index (χ3n) is 6.75. The van der Waals surface area contributed by atoms with Crippen molar-refractivity contribution in [3.8, 4) is 0 Å². The maximum atomic E-state index is 9.89. The highest BCUT2D eigenvalue weighted by Crippen LogP contribution is 2.17. The number of ether oxygens (including phenoxy) is 1. The van der Waals surface area contributed by atoms with Crippen molar-refractivity contribution in [1.29, 1.82) is 0 Å². The van der Waals surface area contributed by atoms with E-state index in [2.05, 4.69) is 26.5 Å². The summed E-state index contributed by atoms with van der Waals surface area (Å²) in [4.78, 5) is 0. The molecule has 3 heteroatoms. The van der Waals surface area contributed by atoms with E-state index < -0.39 is 5.44 Å². The van der Waals surface area contributed by atoms with E-state index >= 15 is 0 Å². The molecule has 0 aliphatic heterocycles. The molecular formula is C29H60O2S. The molecule has 2 atom stereocenters. The number of hydrogen-bond acceptors (Lipinski definition) is 3. The van der Waals surface area contributed by atoms with Crippen molar-refractivity contribution in [3.63, 3.8) is 0 Å². The molecule has 2 unspecified atom stereocenters. The van der Waals surface area contributed by atoms with Crippen LogP contribution in [0.3, 0.4) is 0 Å². The van der Waals surface area contributed by atoms with Crippen LogP contribution in [0.1, 0.15) is 168 Å². The summed E-state index contributed by atoms with van der Waals surface area (Å²) in [5.41, 5.74) is -0.643.